The van der Waals surface area contributed by atoms with E-state index >= 15 is 0 Å². The zero-order chi connectivity index (χ0) is 9.40. The molecule has 0 aliphatic heterocycles. The summed E-state index contributed by atoms with van der Waals surface area (Å²) in [6.45, 7) is 7.19. The van der Waals surface area contributed by atoms with Crippen LogP contribution in [-0.4, -0.2) is 13.1 Å². The number of carbonyl (C=O) groups is 1. The summed E-state index contributed by atoms with van der Waals surface area (Å²) >= 11 is 0. The first-order valence-electron chi connectivity index (χ1n) is 4.07. The molecule has 2 heteroatoms. The van der Waals surface area contributed by atoms with Crippen molar-refractivity contribution in [2.45, 2.75) is 19.3 Å². The second kappa shape index (κ2) is 6.65. The second-order valence-corrected chi connectivity index (χ2v) is 2.58. The molecule has 0 heterocycles. The molecule has 0 N–H and O–H groups in total. The standard InChI is InChI=1S/C10H16O2/c1-4-6-7-8-9(5-2)10(11)12-3/h4-5,9H,1-2,6-8H2,3H3. The van der Waals surface area contributed by atoms with Crippen LogP contribution in [0.5, 0.6) is 0 Å². The van der Waals surface area contributed by atoms with Crippen LogP contribution in [0.3, 0.4) is 0 Å². The first-order chi connectivity index (χ1) is 5.76. The summed E-state index contributed by atoms with van der Waals surface area (Å²) in [7, 11) is 1.40. The minimum Gasteiger partial charge on any atom is -0.469 e. The van der Waals surface area contributed by atoms with E-state index < -0.39 is 0 Å². The van der Waals surface area contributed by atoms with Crippen molar-refractivity contribution in [3.8, 4) is 0 Å². The highest BCUT2D eigenvalue weighted by atomic mass is 16.5. The molecule has 0 spiro atoms. The van der Waals surface area contributed by atoms with Gasteiger partial charge in [0.2, 0.25) is 0 Å². The molecule has 0 aliphatic carbocycles. The van der Waals surface area contributed by atoms with Crippen molar-refractivity contribution in [3.63, 3.8) is 0 Å². The van der Waals surface area contributed by atoms with Crippen molar-refractivity contribution in [1.29, 1.82) is 0 Å². The summed E-state index contributed by atoms with van der Waals surface area (Å²) in [5, 5.41) is 0. The van der Waals surface area contributed by atoms with Gasteiger partial charge in [0.15, 0.2) is 0 Å². The Morgan fingerprint density at radius 3 is 2.67 bits per heavy atom. The number of carbonyl (C=O) groups excluding carboxylic acids is 1. The van der Waals surface area contributed by atoms with Gasteiger partial charge in [0, 0.05) is 0 Å². The molecule has 0 aromatic heterocycles. The Kier molecular flexibility index (Phi) is 6.07. The summed E-state index contributed by atoms with van der Waals surface area (Å²) in [6.07, 6.45) is 6.16. The van der Waals surface area contributed by atoms with Crippen molar-refractivity contribution in [2.24, 2.45) is 5.92 Å². The van der Waals surface area contributed by atoms with Gasteiger partial charge in [0.1, 0.15) is 0 Å². The fraction of sp³-hybridized carbons (Fsp3) is 0.500. The van der Waals surface area contributed by atoms with Gasteiger partial charge in [0.25, 0.3) is 0 Å². The summed E-state index contributed by atoms with van der Waals surface area (Å²) in [5.41, 5.74) is 0. The van der Waals surface area contributed by atoms with Gasteiger partial charge in [-0.05, 0) is 19.3 Å². The third kappa shape index (κ3) is 3.96. The maximum Gasteiger partial charge on any atom is 0.312 e. The van der Waals surface area contributed by atoms with Crippen LogP contribution in [0.15, 0.2) is 25.3 Å². The fourth-order valence-corrected chi connectivity index (χ4v) is 0.965. The molecule has 0 bridgehead atoms. The minimum atomic E-state index is -0.200. The number of rotatable bonds is 6. The number of hydrogen-bond donors (Lipinski definition) is 0. The Morgan fingerprint density at radius 1 is 1.58 bits per heavy atom. The predicted octanol–water partition coefficient (Wildman–Crippen LogP) is 2.32. The van der Waals surface area contributed by atoms with Crippen LogP contribution >= 0.6 is 0 Å². The smallest absolute Gasteiger partial charge is 0.312 e. The molecular weight excluding hydrogens is 152 g/mol. The largest absolute Gasteiger partial charge is 0.469 e. The maximum absolute atomic E-state index is 11.0. The molecule has 0 radical (unpaired) electrons. The Morgan fingerprint density at radius 2 is 2.25 bits per heavy atom. The number of unbranched alkanes of at least 4 members (excludes halogenated alkanes) is 1. The molecule has 1 atom stereocenters. The van der Waals surface area contributed by atoms with Crippen molar-refractivity contribution >= 4 is 5.97 Å². The van der Waals surface area contributed by atoms with Crippen LogP contribution in [0.4, 0.5) is 0 Å². The van der Waals surface area contributed by atoms with Gasteiger partial charge < -0.3 is 4.74 Å². The Bertz CT molecular complexity index is 161. The zero-order valence-electron chi connectivity index (χ0n) is 7.58. The molecule has 0 rings (SSSR count). The van der Waals surface area contributed by atoms with Crippen LogP contribution in [0, 0.1) is 5.92 Å². The summed E-state index contributed by atoms with van der Waals surface area (Å²) in [5.74, 6) is -0.357. The molecule has 0 amide bonds. The van der Waals surface area contributed by atoms with Gasteiger partial charge in [-0.3, -0.25) is 4.79 Å². The molecular formula is C10H16O2. The first kappa shape index (κ1) is 11.0. The third-order valence-corrected chi connectivity index (χ3v) is 1.71. The SMILES string of the molecule is C=CCCCC(C=C)C(=O)OC. The molecule has 0 saturated heterocycles. The fourth-order valence-electron chi connectivity index (χ4n) is 0.965. The van der Waals surface area contributed by atoms with Gasteiger partial charge in [-0.1, -0.05) is 12.2 Å². The van der Waals surface area contributed by atoms with Gasteiger partial charge in [-0.2, -0.15) is 0 Å². The summed E-state index contributed by atoms with van der Waals surface area (Å²) < 4.78 is 4.60. The van der Waals surface area contributed by atoms with E-state index in [1.807, 2.05) is 6.08 Å². The normalized spacial score (nSPS) is 11.8. The van der Waals surface area contributed by atoms with E-state index in [4.69, 9.17) is 0 Å². The molecule has 0 aromatic carbocycles. The quantitative estimate of drug-likeness (QED) is 0.345. The average molecular weight is 168 g/mol. The first-order valence-corrected chi connectivity index (χ1v) is 4.07. The number of methoxy groups -OCH3 is 1. The molecule has 0 saturated carbocycles. The van der Waals surface area contributed by atoms with E-state index in [0.29, 0.717) is 0 Å². The van der Waals surface area contributed by atoms with E-state index in [1.165, 1.54) is 7.11 Å². The molecule has 0 fully saturated rings. The van der Waals surface area contributed by atoms with Crippen molar-refractivity contribution in [3.05, 3.63) is 25.3 Å². The number of hydrogen-bond acceptors (Lipinski definition) is 2. The lowest BCUT2D eigenvalue weighted by atomic mass is 10.0. The zero-order valence-corrected chi connectivity index (χ0v) is 7.58. The lowest BCUT2D eigenvalue weighted by molar-refractivity contribution is -0.143. The Labute approximate surface area is 73.9 Å². The second-order valence-electron chi connectivity index (χ2n) is 2.58. The van der Waals surface area contributed by atoms with Crippen molar-refractivity contribution in [2.75, 3.05) is 7.11 Å². The molecule has 12 heavy (non-hydrogen) atoms. The van der Waals surface area contributed by atoms with Crippen molar-refractivity contribution < 1.29 is 9.53 Å². The Hall–Kier alpha value is -1.05. The van der Waals surface area contributed by atoms with Gasteiger partial charge in [-0.25, -0.2) is 0 Å². The molecule has 2 nitrogen and oxygen atoms in total. The molecule has 1 unspecified atom stereocenters. The monoisotopic (exact) mass is 168 g/mol. The van der Waals surface area contributed by atoms with E-state index in [1.54, 1.807) is 6.08 Å². The van der Waals surface area contributed by atoms with Gasteiger partial charge >= 0.3 is 5.97 Å². The van der Waals surface area contributed by atoms with E-state index in [2.05, 4.69) is 17.9 Å². The third-order valence-electron chi connectivity index (χ3n) is 1.71. The van der Waals surface area contributed by atoms with Gasteiger partial charge in [-0.15, -0.1) is 13.2 Å². The number of ether oxygens (including phenoxy) is 1. The highest BCUT2D eigenvalue weighted by Crippen LogP contribution is 2.11. The van der Waals surface area contributed by atoms with Crippen LogP contribution in [0.25, 0.3) is 0 Å². The molecule has 0 aliphatic rings. The molecule has 68 valence electrons. The van der Waals surface area contributed by atoms with Crippen molar-refractivity contribution in [1.82, 2.24) is 0 Å². The highest BCUT2D eigenvalue weighted by molar-refractivity contribution is 5.74. The topological polar surface area (TPSA) is 26.3 Å². The summed E-state index contributed by atoms with van der Waals surface area (Å²) in [6, 6.07) is 0. The number of allylic oxidation sites excluding steroid dienone is 1. The predicted molar refractivity (Wildman–Crippen MR) is 49.8 cm³/mol. The lowest BCUT2D eigenvalue weighted by Gasteiger charge is -2.08. The minimum absolute atomic E-state index is 0.157. The molecule has 0 aromatic rings. The van der Waals surface area contributed by atoms with Crippen LogP contribution < -0.4 is 0 Å². The van der Waals surface area contributed by atoms with Crippen LogP contribution in [0.2, 0.25) is 0 Å². The number of esters is 1. The highest BCUT2D eigenvalue weighted by Gasteiger charge is 2.13. The average Bonchev–Trinajstić information content (AvgIpc) is 2.11. The van der Waals surface area contributed by atoms with Gasteiger partial charge in [0.05, 0.1) is 13.0 Å². The van der Waals surface area contributed by atoms with Crippen LogP contribution in [-0.2, 0) is 9.53 Å². The maximum atomic E-state index is 11.0. The van der Waals surface area contributed by atoms with E-state index in [0.717, 1.165) is 19.3 Å². The lowest BCUT2D eigenvalue weighted by Crippen LogP contribution is -2.13. The van der Waals surface area contributed by atoms with Crippen LogP contribution in [0.1, 0.15) is 19.3 Å². The Balaban J connectivity index is 3.74. The van der Waals surface area contributed by atoms with E-state index in [9.17, 15) is 4.79 Å². The van der Waals surface area contributed by atoms with E-state index in [-0.39, 0.29) is 11.9 Å². The summed E-state index contributed by atoms with van der Waals surface area (Å²) in [4.78, 5) is 11.0.